The van der Waals surface area contributed by atoms with Gasteiger partial charge in [-0.1, -0.05) is 12.8 Å². The Hall–Kier alpha value is -1.06. The van der Waals surface area contributed by atoms with Crippen LogP contribution in [0.5, 0.6) is 0 Å². The molecule has 0 aromatic carbocycles. The number of hydrogen-bond acceptors (Lipinski definition) is 7. The number of piperidine rings is 1. The van der Waals surface area contributed by atoms with E-state index in [2.05, 4.69) is 20.4 Å². The topological polar surface area (TPSA) is 88.2 Å². The van der Waals surface area contributed by atoms with Crippen molar-refractivity contribution in [2.45, 2.75) is 63.8 Å². The maximum absolute atomic E-state index is 12.6. The van der Waals surface area contributed by atoms with Crippen molar-refractivity contribution < 1.29 is 14.7 Å². The van der Waals surface area contributed by atoms with E-state index in [4.69, 9.17) is 0 Å². The average Bonchev–Trinajstić information content (AvgIpc) is 3.22. The number of unbranched alkanes of at least 4 members (excludes halogenated alkanes) is 1. The van der Waals surface area contributed by atoms with E-state index in [1.165, 1.54) is 11.3 Å². The highest BCUT2D eigenvalue weighted by molar-refractivity contribution is 6.01. The molecule has 3 N–H and O–H groups in total. The van der Waals surface area contributed by atoms with Crippen molar-refractivity contribution in [1.82, 2.24) is 25.3 Å². The highest BCUT2D eigenvalue weighted by Crippen LogP contribution is 2.47. The van der Waals surface area contributed by atoms with Gasteiger partial charge in [-0.15, -0.1) is 0 Å². The average molecular weight is 408 g/mol. The Kier molecular flexibility index (Phi) is 6.86. The third kappa shape index (κ3) is 4.66. The molecule has 0 radical (unpaired) electrons. The van der Waals surface area contributed by atoms with Gasteiger partial charge in [0.05, 0.1) is 0 Å². The van der Waals surface area contributed by atoms with Gasteiger partial charge in [0.2, 0.25) is 5.91 Å². The van der Waals surface area contributed by atoms with Crippen LogP contribution in [0.4, 0.5) is 0 Å². The maximum Gasteiger partial charge on any atom is 0.258 e. The standard InChI is InChI=1S/C21H37N5O3/c27-17-16-21(6-1-2-7-21)18(28)19(29)26(17)11-4-3-10-24-12-14-25(15-13-24)20-22-8-5-9-23-20/h18,20,22-23,28H,1-16H2/t18-/m1/s1. The third-order valence-corrected chi connectivity index (χ3v) is 7.39. The molecule has 0 unspecified atom stereocenters. The molecule has 1 spiro atoms. The van der Waals surface area contributed by atoms with Crippen molar-refractivity contribution in [3.8, 4) is 0 Å². The van der Waals surface area contributed by atoms with Crippen molar-refractivity contribution in [2.24, 2.45) is 5.41 Å². The molecule has 2 amide bonds. The fraction of sp³-hybridized carbons (Fsp3) is 0.905. The molecule has 0 bridgehead atoms. The first kappa shape index (κ1) is 21.2. The summed E-state index contributed by atoms with van der Waals surface area (Å²) >= 11 is 0. The summed E-state index contributed by atoms with van der Waals surface area (Å²) in [5.74, 6) is -0.437. The SMILES string of the molecule is O=C1CC2(CCCC2)[C@H](O)C(=O)N1CCCCN1CCN(C2NCCCN2)CC1. The molecule has 29 heavy (non-hydrogen) atoms. The molecule has 1 atom stereocenters. The van der Waals surface area contributed by atoms with E-state index in [0.29, 0.717) is 19.3 Å². The van der Waals surface area contributed by atoms with Crippen LogP contribution in [0.2, 0.25) is 0 Å². The summed E-state index contributed by atoms with van der Waals surface area (Å²) < 4.78 is 0. The van der Waals surface area contributed by atoms with Gasteiger partial charge in [-0.3, -0.25) is 30.0 Å². The van der Waals surface area contributed by atoms with E-state index in [1.54, 1.807) is 0 Å². The van der Waals surface area contributed by atoms with Crippen LogP contribution in [0.3, 0.4) is 0 Å². The lowest BCUT2D eigenvalue weighted by Crippen LogP contribution is -2.62. The van der Waals surface area contributed by atoms with Crippen LogP contribution in [0.25, 0.3) is 0 Å². The van der Waals surface area contributed by atoms with E-state index in [0.717, 1.165) is 84.3 Å². The minimum Gasteiger partial charge on any atom is -0.383 e. The molecule has 1 aliphatic carbocycles. The molecular formula is C21H37N5O3. The first-order valence-electron chi connectivity index (χ1n) is 11.5. The second kappa shape index (κ2) is 9.39. The monoisotopic (exact) mass is 407 g/mol. The third-order valence-electron chi connectivity index (χ3n) is 7.39. The Morgan fingerprint density at radius 2 is 1.59 bits per heavy atom. The number of hydrogen-bond donors (Lipinski definition) is 3. The summed E-state index contributed by atoms with van der Waals surface area (Å²) in [4.78, 5) is 31.4. The summed E-state index contributed by atoms with van der Waals surface area (Å²) in [6.07, 6.45) is 6.27. The number of amides is 2. The van der Waals surface area contributed by atoms with Gasteiger partial charge in [0.25, 0.3) is 5.91 Å². The Bertz CT molecular complexity index is 581. The number of carbonyl (C=O) groups is 2. The number of likely N-dealkylation sites (tertiary alicyclic amines) is 1. The molecule has 1 saturated carbocycles. The van der Waals surface area contributed by atoms with Gasteiger partial charge in [0.15, 0.2) is 0 Å². The first-order valence-corrected chi connectivity index (χ1v) is 11.5. The Morgan fingerprint density at radius 1 is 0.931 bits per heavy atom. The number of carbonyl (C=O) groups excluding carboxylic acids is 2. The molecule has 4 fully saturated rings. The van der Waals surface area contributed by atoms with E-state index >= 15 is 0 Å². The number of aliphatic hydroxyl groups is 1. The lowest BCUT2D eigenvalue weighted by molar-refractivity contribution is -0.166. The smallest absolute Gasteiger partial charge is 0.258 e. The molecule has 0 aromatic heterocycles. The number of aliphatic hydroxyl groups excluding tert-OH is 1. The predicted octanol–water partition coefficient (Wildman–Crippen LogP) is -0.0691. The summed E-state index contributed by atoms with van der Waals surface area (Å²) in [6.45, 7) is 7.85. The van der Waals surface area contributed by atoms with Crippen molar-refractivity contribution in [3.63, 3.8) is 0 Å². The van der Waals surface area contributed by atoms with Gasteiger partial charge in [-0.05, 0) is 51.7 Å². The number of nitrogens with one attached hydrogen (secondary N) is 2. The van der Waals surface area contributed by atoms with Gasteiger partial charge in [-0.2, -0.15) is 0 Å². The molecule has 164 valence electrons. The van der Waals surface area contributed by atoms with Gasteiger partial charge in [-0.25, -0.2) is 0 Å². The molecule has 3 aliphatic heterocycles. The van der Waals surface area contributed by atoms with Crippen molar-refractivity contribution in [1.29, 1.82) is 0 Å². The maximum atomic E-state index is 12.6. The minimum absolute atomic E-state index is 0.0803. The quantitative estimate of drug-likeness (QED) is 0.420. The molecular weight excluding hydrogens is 370 g/mol. The van der Waals surface area contributed by atoms with Gasteiger partial charge >= 0.3 is 0 Å². The zero-order valence-electron chi connectivity index (χ0n) is 17.6. The van der Waals surface area contributed by atoms with E-state index in [-0.39, 0.29) is 11.8 Å². The summed E-state index contributed by atoms with van der Waals surface area (Å²) in [6, 6.07) is 0. The zero-order valence-corrected chi connectivity index (χ0v) is 17.6. The Labute approximate surface area is 174 Å². The van der Waals surface area contributed by atoms with Crippen LogP contribution in [-0.2, 0) is 9.59 Å². The molecule has 3 heterocycles. The van der Waals surface area contributed by atoms with E-state index in [9.17, 15) is 14.7 Å². The first-order chi connectivity index (χ1) is 14.1. The molecule has 8 heteroatoms. The molecule has 0 aromatic rings. The second-order valence-corrected chi connectivity index (χ2v) is 9.28. The largest absolute Gasteiger partial charge is 0.383 e. The fourth-order valence-corrected chi connectivity index (χ4v) is 5.54. The van der Waals surface area contributed by atoms with Crippen molar-refractivity contribution in [3.05, 3.63) is 0 Å². The number of nitrogens with zero attached hydrogens (tertiary/aromatic N) is 3. The summed E-state index contributed by atoms with van der Waals surface area (Å²) in [5.41, 5.74) is -0.466. The van der Waals surface area contributed by atoms with Gasteiger partial charge in [0.1, 0.15) is 12.4 Å². The van der Waals surface area contributed by atoms with Crippen molar-refractivity contribution >= 4 is 11.8 Å². The van der Waals surface area contributed by atoms with Crippen molar-refractivity contribution in [2.75, 3.05) is 52.4 Å². The van der Waals surface area contributed by atoms with Crippen LogP contribution in [0.15, 0.2) is 0 Å². The molecule has 3 saturated heterocycles. The Balaban J connectivity index is 1.16. The van der Waals surface area contributed by atoms with Crippen LogP contribution < -0.4 is 10.6 Å². The normalized spacial score (nSPS) is 29.8. The number of rotatable bonds is 6. The highest BCUT2D eigenvalue weighted by atomic mass is 16.3. The van der Waals surface area contributed by atoms with Crippen LogP contribution in [0, 0.1) is 5.41 Å². The van der Waals surface area contributed by atoms with Crippen LogP contribution in [0.1, 0.15) is 51.4 Å². The van der Waals surface area contributed by atoms with E-state index in [1.807, 2.05) is 0 Å². The predicted molar refractivity (Wildman–Crippen MR) is 110 cm³/mol. The van der Waals surface area contributed by atoms with Crippen LogP contribution >= 0.6 is 0 Å². The van der Waals surface area contributed by atoms with E-state index < -0.39 is 11.5 Å². The lowest BCUT2D eigenvalue weighted by Gasteiger charge is -2.42. The van der Waals surface area contributed by atoms with Gasteiger partial charge < -0.3 is 10.0 Å². The fourth-order valence-electron chi connectivity index (χ4n) is 5.54. The van der Waals surface area contributed by atoms with Crippen LogP contribution in [-0.4, -0.2) is 96.4 Å². The summed E-state index contributed by atoms with van der Waals surface area (Å²) in [7, 11) is 0. The van der Waals surface area contributed by atoms with Gasteiger partial charge in [0, 0.05) is 44.6 Å². The number of piperazine rings is 1. The molecule has 8 nitrogen and oxygen atoms in total. The molecule has 4 aliphatic rings. The molecule has 4 rings (SSSR count). The Morgan fingerprint density at radius 3 is 2.28 bits per heavy atom. The lowest BCUT2D eigenvalue weighted by atomic mass is 9.74. The minimum atomic E-state index is -0.988. The highest BCUT2D eigenvalue weighted by Gasteiger charge is 2.51. The number of imide groups is 1. The zero-order chi connectivity index (χ0) is 20.3. The second-order valence-electron chi connectivity index (χ2n) is 9.28. The summed E-state index contributed by atoms with van der Waals surface area (Å²) in [5, 5.41) is 17.6.